The summed E-state index contributed by atoms with van der Waals surface area (Å²) in [7, 11) is -1.55. The highest BCUT2D eigenvalue weighted by molar-refractivity contribution is 9.10. The number of benzene rings is 1. The summed E-state index contributed by atoms with van der Waals surface area (Å²) in [5.74, 6) is 0.786. The molecule has 0 aliphatic heterocycles. The number of anilines is 1. The quantitative estimate of drug-likeness (QED) is 0.654. The van der Waals surface area contributed by atoms with E-state index in [4.69, 9.17) is 10.2 Å². The lowest BCUT2D eigenvalue weighted by Gasteiger charge is -2.20. The molecule has 72 valence electrons. The van der Waals surface area contributed by atoms with Crippen molar-refractivity contribution in [3.8, 4) is 5.75 Å². The van der Waals surface area contributed by atoms with Crippen LogP contribution in [-0.2, 0) is 0 Å². The lowest BCUT2D eigenvalue weighted by Crippen LogP contribution is -2.29. The smallest absolute Gasteiger partial charge is 0.242 e. The van der Waals surface area contributed by atoms with E-state index in [0.29, 0.717) is 5.69 Å². The van der Waals surface area contributed by atoms with Crippen LogP contribution in [0.4, 0.5) is 5.69 Å². The van der Waals surface area contributed by atoms with Gasteiger partial charge in [0.1, 0.15) is 5.75 Å². The van der Waals surface area contributed by atoms with E-state index in [2.05, 4.69) is 35.6 Å². The fourth-order valence-electron chi connectivity index (χ4n) is 0.936. The molecule has 2 nitrogen and oxygen atoms in total. The van der Waals surface area contributed by atoms with Crippen molar-refractivity contribution >= 4 is 29.9 Å². The molecule has 2 N–H and O–H groups in total. The van der Waals surface area contributed by atoms with Crippen molar-refractivity contribution in [3.05, 3.63) is 22.7 Å². The average molecular weight is 260 g/mol. The summed E-state index contributed by atoms with van der Waals surface area (Å²) in [6.07, 6.45) is 0. The maximum absolute atomic E-state index is 5.84. The van der Waals surface area contributed by atoms with Gasteiger partial charge in [-0.15, -0.1) is 0 Å². The van der Waals surface area contributed by atoms with Gasteiger partial charge >= 0.3 is 0 Å². The van der Waals surface area contributed by atoms with Crippen LogP contribution in [0, 0.1) is 0 Å². The Kier molecular flexibility index (Phi) is 3.03. The van der Waals surface area contributed by atoms with Gasteiger partial charge in [-0.05, 0) is 47.7 Å². The van der Waals surface area contributed by atoms with Crippen LogP contribution in [0.1, 0.15) is 0 Å². The van der Waals surface area contributed by atoms with Crippen LogP contribution in [-0.4, -0.2) is 8.32 Å². The molecule has 0 aliphatic rings. The van der Waals surface area contributed by atoms with E-state index in [1.54, 1.807) is 0 Å². The lowest BCUT2D eigenvalue weighted by molar-refractivity contribution is 0.560. The highest BCUT2D eigenvalue weighted by Gasteiger charge is 2.17. The van der Waals surface area contributed by atoms with Gasteiger partial charge in [-0.2, -0.15) is 0 Å². The molecule has 0 amide bonds. The summed E-state index contributed by atoms with van der Waals surface area (Å²) in [5, 5.41) is 0. The molecule has 0 atom stereocenters. The molecule has 0 aromatic heterocycles. The van der Waals surface area contributed by atoms with Gasteiger partial charge in [-0.3, -0.25) is 0 Å². The molecule has 0 radical (unpaired) electrons. The van der Waals surface area contributed by atoms with Crippen LogP contribution in [0.3, 0.4) is 0 Å². The van der Waals surface area contributed by atoms with Crippen molar-refractivity contribution in [2.24, 2.45) is 0 Å². The van der Waals surface area contributed by atoms with Gasteiger partial charge in [0.25, 0.3) is 0 Å². The summed E-state index contributed by atoms with van der Waals surface area (Å²) in [4.78, 5) is 0. The predicted molar refractivity (Wildman–Crippen MR) is 62.5 cm³/mol. The van der Waals surface area contributed by atoms with Crippen molar-refractivity contribution in [3.63, 3.8) is 0 Å². The van der Waals surface area contributed by atoms with E-state index in [0.717, 1.165) is 10.2 Å². The number of hydrogen-bond acceptors (Lipinski definition) is 2. The van der Waals surface area contributed by atoms with Crippen LogP contribution in [0.25, 0.3) is 0 Å². The zero-order valence-electron chi connectivity index (χ0n) is 8.10. The Morgan fingerprint density at radius 2 is 1.92 bits per heavy atom. The first-order chi connectivity index (χ1) is 5.90. The summed E-state index contributed by atoms with van der Waals surface area (Å²) < 4.78 is 6.69. The second-order valence-corrected chi connectivity index (χ2v) is 9.15. The number of hydrogen-bond donors (Lipinski definition) is 1. The number of nitrogens with two attached hydrogens (primary N) is 1. The average Bonchev–Trinajstić information content (AvgIpc) is 1.96. The summed E-state index contributed by atoms with van der Waals surface area (Å²) in [5.41, 5.74) is 6.53. The highest BCUT2D eigenvalue weighted by Crippen LogP contribution is 2.30. The van der Waals surface area contributed by atoms with Crippen LogP contribution in [0.15, 0.2) is 22.7 Å². The topological polar surface area (TPSA) is 35.2 Å². The monoisotopic (exact) mass is 259 g/mol. The van der Waals surface area contributed by atoms with Crippen molar-refractivity contribution in [1.82, 2.24) is 0 Å². The molecule has 0 saturated heterocycles. The Balaban J connectivity index is 2.96. The Morgan fingerprint density at radius 1 is 1.31 bits per heavy atom. The molecule has 4 heteroatoms. The summed E-state index contributed by atoms with van der Waals surface area (Å²) in [6, 6.07) is 5.74. The van der Waals surface area contributed by atoms with Gasteiger partial charge in [0, 0.05) is 4.47 Å². The minimum Gasteiger partial charge on any atom is -0.543 e. The van der Waals surface area contributed by atoms with Crippen LogP contribution in [0.2, 0.25) is 19.6 Å². The van der Waals surface area contributed by atoms with Crippen LogP contribution in [0.5, 0.6) is 5.75 Å². The zero-order chi connectivity index (χ0) is 10.1. The van der Waals surface area contributed by atoms with Gasteiger partial charge in [-0.25, -0.2) is 0 Å². The fraction of sp³-hybridized carbons (Fsp3) is 0.333. The highest BCUT2D eigenvalue weighted by atomic mass is 79.9. The summed E-state index contributed by atoms with van der Waals surface area (Å²) >= 11 is 3.36. The van der Waals surface area contributed by atoms with Gasteiger partial charge < -0.3 is 10.2 Å². The number of halogens is 1. The van der Waals surface area contributed by atoms with E-state index < -0.39 is 8.32 Å². The van der Waals surface area contributed by atoms with Gasteiger partial charge in [0.15, 0.2) is 0 Å². The predicted octanol–water partition coefficient (Wildman–Crippen LogP) is 3.25. The normalized spacial score (nSPS) is 11.4. The van der Waals surface area contributed by atoms with Gasteiger partial charge in [-0.1, -0.05) is 6.07 Å². The van der Waals surface area contributed by atoms with Crippen molar-refractivity contribution in [2.45, 2.75) is 19.6 Å². The van der Waals surface area contributed by atoms with E-state index in [1.807, 2.05) is 18.2 Å². The third-order valence-corrected chi connectivity index (χ3v) is 2.95. The first kappa shape index (κ1) is 10.6. The molecule has 0 saturated carbocycles. The minimum atomic E-state index is -1.55. The molecule has 1 rings (SSSR count). The van der Waals surface area contributed by atoms with Crippen LogP contribution >= 0.6 is 15.9 Å². The van der Waals surface area contributed by atoms with E-state index in [1.165, 1.54) is 0 Å². The second kappa shape index (κ2) is 3.72. The van der Waals surface area contributed by atoms with E-state index in [9.17, 15) is 0 Å². The SMILES string of the molecule is C[Si](C)(C)Oc1cccc(Br)c1N. The molecular weight excluding hydrogens is 246 g/mol. The maximum Gasteiger partial charge on any atom is 0.242 e. The first-order valence-electron chi connectivity index (χ1n) is 4.13. The molecule has 0 fully saturated rings. The molecule has 0 bridgehead atoms. The maximum atomic E-state index is 5.84. The number of para-hydroxylation sites is 1. The Labute approximate surface area is 88.4 Å². The standard InChI is InChI=1S/C9H14BrNOSi/c1-13(2,3)12-8-6-4-5-7(10)9(8)11/h4-6H,11H2,1-3H3. The van der Waals surface area contributed by atoms with Crippen molar-refractivity contribution in [1.29, 1.82) is 0 Å². The molecular formula is C9H14BrNOSi. The molecule has 0 unspecified atom stereocenters. The zero-order valence-corrected chi connectivity index (χ0v) is 10.7. The molecule has 0 heterocycles. The Hall–Kier alpha value is -0.483. The molecule has 1 aromatic carbocycles. The lowest BCUT2D eigenvalue weighted by atomic mass is 10.3. The molecule has 13 heavy (non-hydrogen) atoms. The fourth-order valence-corrected chi connectivity index (χ4v) is 2.12. The van der Waals surface area contributed by atoms with Gasteiger partial charge in [0.05, 0.1) is 5.69 Å². The molecule has 0 aliphatic carbocycles. The van der Waals surface area contributed by atoms with Crippen molar-refractivity contribution in [2.75, 3.05) is 5.73 Å². The van der Waals surface area contributed by atoms with E-state index >= 15 is 0 Å². The third-order valence-electron chi connectivity index (χ3n) is 1.43. The van der Waals surface area contributed by atoms with Gasteiger partial charge in [0.2, 0.25) is 8.32 Å². The first-order valence-corrected chi connectivity index (χ1v) is 8.33. The third kappa shape index (κ3) is 3.04. The van der Waals surface area contributed by atoms with E-state index in [-0.39, 0.29) is 0 Å². The van der Waals surface area contributed by atoms with Crippen molar-refractivity contribution < 1.29 is 4.43 Å². The molecule has 1 aromatic rings. The molecule has 0 spiro atoms. The Bertz CT molecular complexity index is 309. The largest absolute Gasteiger partial charge is 0.543 e. The number of rotatable bonds is 2. The minimum absolute atomic E-state index is 0.685. The summed E-state index contributed by atoms with van der Waals surface area (Å²) in [6.45, 7) is 6.40. The second-order valence-electron chi connectivity index (χ2n) is 3.87. The number of nitrogen functional groups attached to an aromatic ring is 1. The Morgan fingerprint density at radius 3 is 2.46 bits per heavy atom. The van der Waals surface area contributed by atoms with Crippen LogP contribution < -0.4 is 10.2 Å².